The summed E-state index contributed by atoms with van der Waals surface area (Å²) in [5.41, 5.74) is 1.61. The van der Waals surface area contributed by atoms with Gasteiger partial charge < -0.3 is 29.9 Å². The summed E-state index contributed by atoms with van der Waals surface area (Å²) in [6.07, 6.45) is 2.55. The Morgan fingerprint density at radius 2 is 0.907 bits per heavy atom. The van der Waals surface area contributed by atoms with Crippen LogP contribution in [-0.2, 0) is 0 Å². The summed E-state index contributed by atoms with van der Waals surface area (Å²) >= 11 is 0. The van der Waals surface area contributed by atoms with Crippen LogP contribution in [-0.4, -0.2) is 45.6 Å². The molecule has 0 bridgehead atoms. The Morgan fingerprint density at radius 1 is 0.581 bits per heavy atom. The van der Waals surface area contributed by atoms with Gasteiger partial charge in [-0.25, -0.2) is 9.59 Å². The standard InChI is InChI=1S/C35H32O8/c1-23-3-15-29(16-4-23)42-33(40)27-11-7-25(8-12-27)19-31(38)35(21-36,22-37)32(39)20-26-9-13-28(14-10-26)34(41)43-30-17-5-24(2)6-18-30/h3-20,36-39H,21-22H2,1-2H3. The lowest BCUT2D eigenvalue weighted by atomic mass is 9.83. The van der Waals surface area contributed by atoms with Crippen molar-refractivity contribution in [3.8, 4) is 11.5 Å². The average molecular weight is 581 g/mol. The van der Waals surface area contributed by atoms with E-state index >= 15 is 0 Å². The number of carbonyl (C=O) groups is 2. The van der Waals surface area contributed by atoms with Crippen LogP contribution in [0.2, 0.25) is 0 Å². The number of aliphatic hydroxyl groups is 4. The fourth-order valence-corrected chi connectivity index (χ4v) is 4.07. The molecule has 0 saturated heterocycles. The predicted octanol–water partition coefficient (Wildman–Crippen LogP) is 6.21. The lowest BCUT2D eigenvalue weighted by Gasteiger charge is -2.28. The van der Waals surface area contributed by atoms with E-state index in [-0.39, 0.29) is 11.1 Å². The van der Waals surface area contributed by atoms with Crippen LogP contribution in [0.4, 0.5) is 0 Å². The molecule has 0 aliphatic carbocycles. The molecule has 4 rings (SSSR count). The third kappa shape index (κ3) is 7.56. The van der Waals surface area contributed by atoms with Crippen molar-refractivity contribution in [2.45, 2.75) is 13.8 Å². The first-order valence-corrected chi connectivity index (χ1v) is 13.5. The molecule has 0 spiro atoms. The Hall–Kier alpha value is -5.18. The van der Waals surface area contributed by atoms with E-state index in [9.17, 15) is 30.0 Å². The fraction of sp³-hybridized carbons (Fsp3) is 0.143. The van der Waals surface area contributed by atoms with Gasteiger partial charge in [-0.2, -0.15) is 0 Å². The fourth-order valence-electron chi connectivity index (χ4n) is 4.07. The van der Waals surface area contributed by atoms with E-state index in [0.717, 1.165) is 11.1 Å². The van der Waals surface area contributed by atoms with Crippen molar-refractivity contribution < 1.29 is 39.5 Å². The molecule has 0 radical (unpaired) electrons. The summed E-state index contributed by atoms with van der Waals surface area (Å²) in [4.78, 5) is 25.0. The summed E-state index contributed by atoms with van der Waals surface area (Å²) in [7, 11) is 0. The largest absolute Gasteiger partial charge is 0.511 e. The number of ether oxygens (including phenoxy) is 2. The van der Waals surface area contributed by atoms with Crippen molar-refractivity contribution in [1.82, 2.24) is 0 Å². The lowest BCUT2D eigenvalue weighted by Crippen LogP contribution is -2.34. The Labute approximate surface area is 249 Å². The van der Waals surface area contributed by atoms with Crippen LogP contribution in [0.25, 0.3) is 12.2 Å². The number of rotatable bonds is 10. The lowest BCUT2D eigenvalue weighted by molar-refractivity contribution is 0.0487. The monoisotopic (exact) mass is 580 g/mol. The Kier molecular flexibility index (Phi) is 9.77. The second-order valence-corrected chi connectivity index (χ2v) is 10.1. The Balaban J connectivity index is 1.48. The van der Waals surface area contributed by atoms with Gasteiger partial charge in [0.1, 0.15) is 28.4 Å². The number of carbonyl (C=O) groups excluding carboxylic acids is 2. The molecule has 4 N–H and O–H groups in total. The molecule has 0 unspecified atom stereocenters. The van der Waals surface area contributed by atoms with Gasteiger partial charge in [0.2, 0.25) is 0 Å². The van der Waals surface area contributed by atoms with Gasteiger partial charge in [-0.1, -0.05) is 59.7 Å². The number of hydrogen-bond acceptors (Lipinski definition) is 8. The molecule has 0 amide bonds. The molecule has 0 aliphatic heterocycles. The number of esters is 2. The van der Waals surface area contributed by atoms with Gasteiger partial charge in [-0.05, 0) is 85.7 Å². The van der Waals surface area contributed by atoms with Gasteiger partial charge in [0, 0.05) is 0 Å². The van der Waals surface area contributed by atoms with Crippen molar-refractivity contribution >= 4 is 24.1 Å². The topological polar surface area (TPSA) is 134 Å². The number of aryl methyl sites for hydroxylation is 2. The summed E-state index contributed by atoms with van der Waals surface area (Å²) in [6, 6.07) is 26.3. The van der Waals surface area contributed by atoms with Crippen LogP contribution in [0.5, 0.6) is 11.5 Å². The van der Waals surface area contributed by atoms with E-state index in [0.29, 0.717) is 22.6 Å². The summed E-state index contributed by atoms with van der Waals surface area (Å²) in [5.74, 6) is -1.30. The zero-order valence-electron chi connectivity index (χ0n) is 23.7. The van der Waals surface area contributed by atoms with Crippen LogP contribution in [0.1, 0.15) is 43.0 Å². The quantitative estimate of drug-likeness (QED) is 0.0988. The second-order valence-electron chi connectivity index (χ2n) is 10.1. The number of aliphatic hydroxyl groups excluding tert-OH is 4. The molecule has 0 aromatic heterocycles. The van der Waals surface area contributed by atoms with Crippen molar-refractivity contribution in [3.05, 3.63) is 142 Å². The minimum absolute atomic E-state index is 0.279. The van der Waals surface area contributed by atoms with Crippen molar-refractivity contribution in [2.24, 2.45) is 5.41 Å². The first-order chi connectivity index (χ1) is 20.6. The smallest absolute Gasteiger partial charge is 0.343 e. The molecular weight excluding hydrogens is 548 g/mol. The van der Waals surface area contributed by atoms with Crippen LogP contribution in [0.3, 0.4) is 0 Å². The minimum Gasteiger partial charge on any atom is -0.511 e. The zero-order valence-corrected chi connectivity index (χ0v) is 23.7. The molecule has 0 atom stereocenters. The number of benzene rings is 4. The molecule has 4 aromatic carbocycles. The van der Waals surface area contributed by atoms with Gasteiger partial charge in [0.05, 0.1) is 24.3 Å². The Bertz CT molecular complexity index is 1490. The highest BCUT2D eigenvalue weighted by atomic mass is 16.5. The van der Waals surface area contributed by atoms with E-state index in [1.54, 1.807) is 48.5 Å². The highest BCUT2D eigenvalue weighted by molar-refractivity contribution is 5.92. The summed E-state index contributed by atoms with van der Waals surface area (Å²) in [5, 5.41) is 42.1. The molecule has 4 aromatic rings. The van der Waals surface area contributed by atoms with Crippen LogP contribution < -0.4 is 9.47 Å². The van der Waals surface area contributed by atoms with E-state index in [1.165, 1.54) is 36.4 Å². The van der Waals surface area contributed by atoms with Crippen molar-refractivity contribution in [2.75, 3.05) is 13.2 Å². The molecule has 220 valence electrons. The molecule has 0 fully saturated rings. The normalized spacial score (nSPS) is 12.1. The first-order valence-electron chi connectivity index (χ1n) is 13.5. The number of hydrogen-bond donors (Lipinski definition) is 4. The molecule has 0 heterocycles. The van der Waals surface area contributed by atoms with E-state index in [4.69, 9.17) is 9.47 Å². The molecule has 0 saturated carbocycles. The van der Waals surface area contributed by atoms with Gasteiger partial charge in [0.25, 0.3) is 0 Å². The predicted molar refractivity (Wildman–Crippen MR) is 163 cm³/mol. The third-order valence-corrected chi connectivity index (χ3v) is 6.88. The van der Waals surface area contributed by atoms with Gasteiger partial charge in [-0.3, -0.25) is 0 Å². The van der Waals surface area contributed by atoms with Crippen LogP contribution >= 0.6 is 0 Å². The minimum atomic E-state index is -1.91. The maximum absolute atomic E-state index is 12.5. The van der Waals surface area contributed by atoms with Crippen LogP contribution in [0.15, 0.2) is 109 Å². The van der Waals surface area contributed by atoms with E-state index in [2.05, 4.69) is 0 Å². The average Bonchev–Trinajstić information content (AvgIpc) is 3.01. The molecule has 8 nitrogen and oxygen atoms in total. The highest BCUT2D eigenvalue weighted by Gasteiger charge is 2.38. The van der Waals surface area contributed by atoms with Gasteiger partial charge in [-0.15, -0.1) is 0 Å². The SMILES string of the molecule is Cc1ccc(OC(=O)c2ccc(C=C(O)C(CO)(CO)C(O)=Cc3ccc(C(=O)Oc4ccc(C)cc4)cc3)cc2)cc1. The molecule has 8 heteroatoms. The highest BCUT2D eigenvalue weighted by Crippen LogP contribution is 2.34. The first kappa shape index (κ1) is 30.8. The summed E-state index contributed by atoms with van der Waals surface area (Å²) < 4.78 is 10.7. The van der Waals surface area contributed by atoms with Crippen molar-refractivity contribution in [3.63, 3.8) is 0 Å². The zero-order chi connectivity index (χ0) is 31.0. The maximum atomic E-state index is 12.5. The third-order valence-electron chi connectivity index (χ3n) is 6.88. The van der Waals surface area contributed by atoms with Crippen LogP contribution in [0, 0.1) is 19.3 Å². The second kappa shape index (κ2) is 13.7. The molecule has 0 aliphatic rings. The van der Waals surface area contributed by atoms with Gasteiger partial charge >= 0.3 is 11.9 Å². The Morgan fingerprint density at radius 3 is 1.21 bits per heavy atom. The summed E-state index contributed by atoms with van der Waals surface area (Å²) in [6.45, 7) is 2.23. The van der Waals surface area contributed by atoms with E-state index in [1.807, 2.05) is 38.1 Å². The van der Waals surface area contributed by atoms with Gasteiger partial charge in [0.15, 0.2) is 0 Å². The molecule has 43 heavy (non-hydrogen) atoms. The molecular formula is C35H32O8. The van der Waals surface area contributed by atoms with Crippen molar-refractivity contribution in [1.29, 1.82) is 0 Å². The van der Waals surface area contributed by atoms with E-state index < -0.39 is 42.1 Å². The maximum Gasteiger partial charge on any atom is 0.343 e.